The Morgan fingerprint density at radius 3 is 3.07 bits per heavy atom. The van der Waals surface area contributed by atoms with Crippen molar-refractivity contribution in [2.24, 2.45) is 0 Å². The van der Waals surface area contributed by atoms with Crippen molar-refractivity contribution in [3.05, 3.63) is 29.9 Å². The molecule has 0 fully saturated rings. The van der Waals surface area contributed by atoms with Crippen molar-refractivity contribution in [3.63, 3.8) is 0 Å². The third-order valence-corrected chi connectivity index (χ3v) is 2.23. The van der Waals surface area contributed by atoms with E-state index in [4.69, 9.17) is 11.6 Å². The number of aromatic amines is 1. The Bertz CT molecular complexity index is 599. The third-order valence-electron chi connectivity index (χ3n) is 2.02. The number of nitrogens with one attached hydrogen (secondary N) is 1. The molecule has 0 unspecified atom stereocenters. The molecule has 3 aromatic heterocycles. The fourth-order valence-electron chi connectivity index (χ4n) is 1.34. The van der Waals surface area contributed by atoms with E-state index in [2.05, 4.69) is 25.4 Å². The van der Waals surface area contributed by atoms with E-state index in [1.807, 2.05) is 0 Å². The van der Waals surface area contributed by atoms with E-state index in [0.717, 1.165) is 5.56 Å². The topological polar surface area (TPSA) is 71.8 Å². The first-order valence-electron chi connectivity index (χ1n) is 4.20. The Labute approximate surface area is 88.9 Å². The van der Waals surface area contributed by atoms with Gasteiger partial charge in [-0.25, -0.2) is 4.98 Å². The number of nitrogens with zero attached hydrogens (tertiary/aromatic N) is 5. The van der Waals surface area contributed by atoms with Gasteiger partial charge in [-0.3, -0.25) is 9.50 Å². The van der Waals surface area contributed by atoms with Crippen LogP contribution in [0.3, 0.4) is 0 Å². The van der Waals surface area contributed by atoms with Crippen LogP contribution in [0.25, 0.3) is 17.0 Å². The molecule has 0 spiro atoms. The molecule has 6 nitrogen and oxygen atoms in total. The number of aromatic nitrogens is 6. The summed E-state index contributed by atoms with van der Waals surface area (Å²) in [5.74, 6) is 0.683. The highest BCUT2D eigenvalue weighted by Gasteiger charge is 2.08. The number of hydrogen-bond acceptors (Lipinski definition) is 4. The Morgan fingerprint density at radius 1 is 1.33 bits per heavy atom. The van der Waals surface area contributed by atoms with Crippen LogP contribution in [-0.2, 0) is 0 Å². The maximum atomic E-state index is 5.74. The SMILES string of the molecule is Clc1cc2nnc(-c3cn[nH]c3)n2cn1. The predicted molar refractivity (Wildman–Crippen MR) is 53.4 cm³/mol. The van der Waals surface area contributed by atoms with Gasteiger partial charge in [0.05, 0.1) is 11.8 Å². The van der Waals surface area contributed by atoms with E-state index in [0.29, 0.717) is 16.6 Å². The van der Waals surface area contributed by atoms with Gasteiger partial charge in [0.15, 0.2) is 11.5 Å². The van der Waals surface area contributed by atoms with Crippen LogP contribution in [0.1, 0.15) is 0 Å². The molecular weight excluding hydrogens is 216 g/mol. The minimum absolute atomic E-state index is 0.397. The standard InChI is InChI=1S/C8H5ClN6/c9-6-1-7-13-14-8(15(7)4-10-6)5-2-11-12-3-5/h1-4H,(H,11,12). The van der Waals surface area contributed by atoms with Crippen LogP contribution >= 0.6 is 11.6 Å². The number of halogens is 1. The van der Waals surface area contributed by atoms with E-state index in [1.54, 1.807) is 29.2 Å². The first-order chi connectivity index (χ1) is 7.34. The van der Waals surface area contributed by atoms with Crippen molar-refractivity contribution in [3.8, 4) is 11.4 Å². The highest BCUT2D eigenvalue weighted by atomic mass is 35.5. The monoisotopic (exact) mass is 220 g/mol. The van der Waals surface area contributed by atoms with Crippen LogP contribution in [0, 0.1) is 0 Å². The molecule has 0 saturated heterocycles. The van der Waals surface area contributed by atoms with Gasteiger partial charge in [0.25, 0.3) is 0 Å². The van der Waals surface area contributed by atoms with Crippen LogP contribution in [0.4, 0.5) is 0 Å². The third kappa shape index (κ3) is 1.26. The highest BCUT2D eigenvalue weighted by Crippen LogP contribution is 2.17. The van der Waals surface area contributed by atoms with Gasteiger partial charge >= 0.3 is 0 Å². The Hall–Kier alpha value is -1.95. The number of hydrogen-bond donors (Lipinski definition) is 1. The molecule has 0 bridgehead atoms. The first kappa shape index (κ1) is 8.37. The molecule has 3 heterocycles. The molecule has 0 aliphatic rings. The molecule has 0 aromatic carbocycles. The summed E-state index contributed by atoms with van der Waals surface area (Å²) in [5.41, 5.74) is 1.51. The van der Waals surface area contributed by atoms with Gasteiger partial charge in [-0.05, 0) is 0 Å². The van der Waals surface area contributed by atoms with Crippen LogP contribution in [0.15, 0.2) is 24.8 Å². The summed E-state index contributed by atoms with van der Waals surface area (Å²) in [7, 11) is 0. The van der Waals surface area contributed by atoms with Gasteiger partial charge < -0.3 is 0 Å². The Balaban J connectivity index is 2.29. The highest BCUT2D eigenvalue weighted by molar-refractivity contribution is 6.29. The van der Waals surface area contributed by atoms with Crippen molar-refractivity contribution >= 4 is 17.2 Å². The van der Waals surface area contributed by atoms with Crippen LogP contribution in [-0.4, -0.2) is 29.8 Å². The smallest absolute Gasteiger partial charge is 0.172 e. The number of H-pyrrole nitrogens is 1. The minimum atomic E-state index is 0.397. The van der Waals surface area contributed by atoms with E-state index in [9.17, 15) is 0 Å². The van der Waals surface area contributed by atoms with Crippen LogP contribution < -0.4 is 0 Å². The van der Waals surface area contributed by atoms with Crippen LogP contribution in [0.2, 0.25) is 5.15 Å². The lowest BCUT2D eigenvalue weighted by Crippen LogP contribution is -1.89. The van der Waals surface area contributed by atoms with Gasteiger partial charge in [-0.2, -0.15) is 5.10 Å². The van der Waals surface area contributed by atoms with E-state index in [-0.39, 0.29) is 0 Å². The summed E-state index contributed by atoms with van der Waals surface area (Å²) >= 11 is 5.74. The second-order valence-electron chi connectivity index (χ2n) is 2.95. The second-order valence-corrected chi connectivity index (χ2v) is 3.34. The Kier molecular flexibility index (Phi) is 1.69. The zero-order valence-electron chi connectivity index (χ0n) is 7.42. The normalized spacial score (nSPS) is 11.0. The zero-order valence-corrected chi connectivity index (χ0v) is 8.18. The molecule has 74 valence electrons. The lowest BCUT2D eigenvalue weighted by Gasteiger charge is -1.95. The molecule has 0 radical (unpaired) electrons. The quantitative estimate of drug-likeness (QED) is 0.625. The van der Waals surface area contributed by atoms with Gasteiger partial charge in [-0.1, -0.05) is 11.6 Å². The Morgan fingerprint density at radius 2 is 2.27 bits per heavy atom. The maximum absolute atomic E-state index is 5.74. The van der Waals surface area contributed by atoms with E-state index >= 15 is 0 Å². The molecule has 0 aliphatic heterocycles. The lowest BCUT2D eigenvalue weighted by molar-refractivity contribution is 1.08. The van der Waals surface area contributed by atoms with Gasteiger partial charge in [0.1, 0.15) is 11.5 Å². The maximum Gasteiger partial charge on any atom is 0.172 e. The van der Waals surface area contributed by atoms with Crippen molar-refractivity contribution in [2.45, 2.75) is 0 Å². The molecule has 0 saturated carbocycles. The summed E-state index contributed by atoms with van der Waals surface area (Å²) in [5, 5.41) is 15.0. The molecule has 7 heteroatoms. The van der Waals surface area contributed by atoms with Crippen molar-refractivity contribution in [2.75, 3.05) is 0 Å². The van der Waals surface area contributed by atoms with Gasteiger partial charge in [0.2, 0.25) is 0 Å². The molecule has 0 atom stereocenters. The zero-order chi connectivity index (χ0) is 10.3. The molecule has 15 heavy (non-hydrogen) atoms. The largest absolute Gasteiger partial charge is 0.285 e. The first-order valence-corrected chi connectivity index (χ1v) is 4.58. The van der Waals surface area contributed by atoms with Crippen molar-refractivity contribution in [1.29, 1.82) is 0 Å². The van der Waals surface area contributed by atoms with Crippen molar-refractivity contribution in [1.82, 2.24) is 29.8 Å². The lowest BCUT2D eigenvalue weighted by atomic mass is 10.3. The van der Waals surface area contributed by atoms with Gasteiger partial charge in [0, 0.05) is 12.3 Å². The summed E-state index contributed by atoms with van der Waals surface area (Å²) in [6.45, 7) is 0. The summed E-state index contributed by atoms with van der Waals surface area (Å²) in [6.07, 6.45) is 5.00. The molecule has 1 N–H and O–H groups in total. The summed E-state index contributed by atoms with van der Waals surface area (Å²) in [4.78, 5) is 3.97. The minimum Gasteiger partial charge on any atom is -0.285 e. The fourth-order valence-corrected chi connectivity index (χ4v) is 1.48. The predicted octanol–water partition coefficient (Wildman–Crippen LogP) is 1.17. The second kappa shape index (κ2) is 3.03. The molecule has 3 aromatic rings. The van der Waals surface area contributed by atoms with E-state index < -0.39 is 0 Å². The molecular formula is C8H5ClN6. The molecule has 0 aliphatic carbocycles. The summed E-state index contributed by atoms with van der Waals surface area (Å²) < 4.78 is 1.75. The van der Waals surface area contributed by atoms with Crippen molar-refractivity contribution < 1.29 is 0 Å². The fraction of sp³-hybridized carbons (Fsp3) is 0. The van der Waals surface area contributed by atoms with E-state index in [1.165, 1.54) is 0 Å². The van der Waals surface area contributed by atoms with Gasteiger partial charge in [-0.15, -0.1) is 10.2 Å². The average molecular weight is 221 g/mol. The molecule has 0 amide bonds. The number of rotatable bonds is 1. The summed E-state index contributed by atoms with van der Waals surface area (Å²) in [6, 6.07) is 1.65. The molecule has 3 rings (SSSR count). The number of fused-ring (bicyclic) bond motifs is 1. The van der Waals surface area contributed by atoms with Crippen LogP contribution in [0.5, 0.6) is 0 Å². The average Bonchev–Trinajstić information content (AvgIpc) is 2.82.